The van der Waals surface area contributed by atoms with Gasteiger partial charge in [0.1, 0.15) is 5.82 Å². The van der Waals surface area contributed by atoms with Crippen LogP contribution in [0.4, 0.5) is 10.1 Å². The van der Waals surface area contributed by atoms with Crippen LogP contribution in [0.3, 0.4) is 0 Å². The van der Waals surface area contributed by atoms with E-state index in [1.54, 1.807) is 36.4 Å². The third-order valence-electron chi connectivity index (χ3n) is 3.81. The smallest absolute Gasteiger partial charge is 0.231 e. The van der Waals surface area contributed by atoms with Gasteiger partial charge in [0.2, 0.25) is 5.91 Å². The number of benzene rings is 2. The maximum atomic E-state index is 13.0. The molecule has 0 saturated heterocycles. The Labute approximate surface area is 140 Å². The van der Waals surface area contributed by atoms with Crippen LogP contribution in [0.1, 0.15) is 5.56 Å². The number of sulfone groups is 1. The van der Waals surface area contributed by atoms with Crippen molar-refractivity contribution in [1.29, 1.82) is 0 Å². The maximum Gasteiger partial charge on any atom is 0.231 e. The van der Waals surface area contributed by atoms with Crippen LogP contribution in [-0.2, 0) is 21.1 Å². The Hall–Kier alpha value is -2.47. The summed E-state index contributed by atoms with van der Waals surface area (Å²) in [5, 5.41) is 1.15. The van der Waals surface area contributed by atoms with Crippen LogP contribution in [0.2, 0.25) is 0 Å². The van der Waals surface area contributed by atoms with Crippen molar-refractivity contribution in [1.82, 2.24) is 0 Å². The first kappa shape index (κ1) is 16.4. The minimum absolute atomic E-state index is 0.0690. The van der Waals surface area contributed by atoms with E-state index in [9.17, 15) is 17.6 Å². The largest absolute Gasteiger partial charge is 0.304 e. The van der Waals surface area contributed by atoms with Gasteiger partial charge in [0.05, 0.1) is 18.2 Å². The van der Waals surface area contributed by atoms with Gasteiger partial charge in [-0.1, -0.05) is 30.3 Å². The van der Waals surface area contributed by atoms with Crippen LogP contribution in [0, 0.1) is 5.82 Å². The minimum atomic E-state index is -3.28. The Morgan fingerprint density at radius 2 is 1.75 bits per heavy atom. The van der Waals surface area contributed by atoms with Gasteiger partial charge in [-0.2, -0.15) is 0 Å². The molecule has 0 aromatic heterocycles. The van der Waals surface area contributed by atoms with Gasteiger partial charge in [-0.05, 0) is 35.9 Å². The van der Waals surface area contributed by atoms with Crippen molar-refractivity contribution in [2.75, 3.05) is 10.7 Å². The number of nitrogens with zero attached hydrogens (tertiary/aromatic N) is 1. The molecular weight excluding hydrogens is 329 g/mol. The minimum Gasteiger partial charge on any atom is -0.304 e. The second kappa shape index (κ2) is 6.57. The highest BCUT2D eigenvalue weighted by molar-refractivity contribution is 7.94. The van der Waals surface area contributed by atoms with Gasteiger partial charge >= 0.3 is 0 Å². The summed E-state index contributed by atoms with van der Waals surface area (Å²) in [7, 11) is -3.28. The normalized spacial score (nSPS) is 18.5. The van der Waals surface area contributed by atoms with Gasteiger partial charge < -0.3 is 4.90 Å². The van der Waals surface area contributed by atoms with Gasteiger partial charge in [0.15, 0.2) is 9.84 Å². The van der Waals surface area contributed by atoms with Crippen LogP contribution in [0.15, 0.2) is 66.1 Å². The van der Waals surface area contributed by atoms with E-state index < -0.39 is 15.9 Å². The van der Waals surface area contributed by atoms with Crippen LogP contribution in [0.25, 0.3) is 0 Å². The Balaban J connectivity index is 1.88. The van der Waals surface area contributed by atoms with Gasteiger partial charge in [0.25, 0.3) is 0 Å². The molecule has 0 aliphatic carbocycles. The molecule has 2 aromatic carbocycles. The van der Waals surface area contributed by atoms with Crippen molar-refractivity contribution in [2.24, 2.45) is 0 Å². The summed E-state index contributed by atoms with van der Waals surface area (Å²) in [6.45, 7) is 0. The molecule has 1 heterocycles. The number of hydrogen-bond acceptors (Lipinski definition) is 3. The molecule has 1 aliphatic heterocycles. The fourth-order valence-corrected chi connectivity index (χ4v) is 3.96. The summed E-state index contributed by atoms with van der Waals surface area (Å²) in [5.41, 5.74) is 1.31. The molecular formula is C18H16FNO3S. The first-order valence-electron chi connectivity index (χ1n) is 7.47. The molecule has 2 aromatic rings. The molecule has 1 amide bonds. The van der Waals surface area contributed by atoms with Crippen molar-refractivity contribution in [3.63, 3.8) is 0 Å². The van der Waals surface area contributed by atoms with Crippen molar-refractivity contribution in [2.45, 2.75) is 12.5 Å². The van der Waals surface area contributed by atoms with Crippen molar-refractivity contribution >= 4 is 21.4 Å². The zero-order valence-electron chi connectivity index (χ0n) is 12.8. The number of hydrogen-bond donors (Lipinski definition) is 0. The molecule has 4 nitrogen and oxygen atoms in total. The SMILES string of the molecule is O=C(Cc1ccc(F)cc1)N(c1ccccc1)[C@H]1C=CS(=O)(=O)C1. The molecule has 0 spiro atoms. The number of carbonyl (C=O) groups excluding carboxylic acids is 1. The molecule has 3 rings (SSSR count). The van der Waals surface area contributed by atoms with E-state index in [-0.39, 0.29) is 23.9 Å². The standard InChI is InChI=1S/C18H16FNO3S/c19-15-8-6-14(7-9-15)12-18(21)20(16-4-2-1-3-5-16)17-10-11-24(22,23)13-17/h1-11,17H,12-13H2/t17-/m0/s1. The molecule has 24 heavy (non-hydrogen) atoms. The number of rotatable bonds is 4. The average molecular weight is 345 g/mol. The molecule has 1 aliphatic rings. The highest BCUT2D eigenvalue weighted by Crippen LogP contribution is 2.23. The summed E-state index contributed by atoms with van der Waals surface area (Å²) in [6, 6.07) is 14.1. The van der Waals surface area contributed by atoms with Gasteiger partial charge in [-0.25, -0.2) is 12.8 Å². The maximum absolute atomic E-state index is 13.0. The number of carbonyl (C=O) groups is 1. The van der Waals surface area contributed by atoms with E-state index >= 15 is 0 Å². The molecule has 1 atom stereocenters. The van der Waals surface area contributed by atoms with Crippen molar-refractivity contribution < 1.29 is 17.6 Å². The van der Waals surface area contributed by atoms with E-state index in [4.69, 9.17) is 0 Å². The topological polar surface area (TPSA) is 54.5 Å². The molecule has 0 N–H and O–H groups in total. The van der Waals surface area contributed by atoms with Gasteiger partial charge in [-0.15, -0.1) is 0 Å². The van der Waals surface area contributed by atoms with Crippen LogP contribution in [-0.4, -0.2) is 26.1 Å². The number of para-hydroxylation sites is 1. The molecule has 6 heteroatoms. The van der Waals surface area contributed by atoms with Crippen LogP contribution < -0.4 is 4.90 Å². The van der Waals surface area contributed by atoms with Crippen molar-refractivity contribution in [3.8, 4) is 0 Å². The van der Waals surface area contributed by atoms with E-state index in [0.717, 1.165) is 5.41 Å². The number of anilines is 1. The summed E-state index contributed by atoms with van der Waals surface area (Å²) in [6.07, 6.45) is 1.60. The lowest BCUT2D eigenvalue weighted by molar-refractivity contribution is -0.118. The van der Waals surface area contributed by atoms with E-state index in [0.29, 0.717) is 11.3 Å². The lowest BCUT2D eigenvalue weighted by Crippen LogP contribution is -2.42. The third-order valence-corrected chi connectivity index (χ3v) is 5.19. The number of halogens is 1. The summed E-state index contributed by atoms with van der Waals surface area (Å²) in [4.78, 5) is 14.3. The van der Waals surface area contributed by atoms with Crippen LogP contribution >= 0.6 is 0 Å². The highest BCUT2D eigenvalue weighted by Gasteiger charge is 2.31. The summed E-state index contributed by atoms with van der Waals surface area (Å²) < 4.78 is 36.5. The van der Waals surface area contributed by atoms with E-state index in [1.165, 1.54) is 23.1 Å². The quantitative estimate of drug-likeness (QED) is 0.856. The van der Waals surface area contributed by atoms with Crippen molar-refractivity contribution in [3.05, 3.63) is 77.5 Å². The highest BCUT2D eigenvalue weighted by atomic mass is 32.2. The first-order valence-corrected chi connectivity index (χ1v) is 9.19. The predicted molar refractivity (Wildman–Crippen MR) is 90.7 cm³/mol. The Morgan fingerprint density at radius 1 is 1.08 bits per heavy atom. The molecule has 0 radical (unpaired) electrons. The third kappa shape index (κ3) is 3.71. The Morgan fingerprint density at radius 3 is 2.33 bits per heavy atom. The van der Waals surface area contributed by atoms with Crippen LogP contribution in [0.5, 0.6) is 0 Å². The second-order valence-electron chi connectivity index (χ2n) is 5.63. The van der Waals surface area contributed by atoms with Gasteiger partial charge in [0, 0.05) is 11.1 Å². The zero-order valence-corrected chi connectivity index (χ0v) is 13.6. The Kier molecular flexibility index (Phi) is 4.49. The molecule has 124 valence electrons. The fourth-order valence-electron chi connectivity index (χ4n) is 2.69. The average Bonchev–Trinajstić information content (AvgIpc) is 2.90. The number of amides is 1. The molecule has 0 saturated carbocycles. The first-order chi connectivity index (χ1) is 11.4. The fraction of sp³-hybridized carbons (Fsp3) is 0.167. The lowest BCUT2D eigenvalue weighted by Gasteiger charge is -2.27. The summed E-state index contributed by atoms with van der Waals surface area (Å²) >= 11 is 0. The van der Waals surface area contributed by atoms with E-state index in [1.807, 2.05) is 6.07 Å². The Bertz CT molecular complexity index is 861. The lowest BCUT2D eigenvalue weighted by atomic mass is 10.1. The predicted octanol–water partition coefficient (Wildman–Crippen LogP) is 2.71. The monoisotopic (exact) mass is 345 g/mol. The molecule has 0 unspecified atom stereocenters. The molecule has 0 fully saturated rings. The van der Waals surface area contributed by atoms with E-state index in [2.05, 4.69) is 0 Å². The zero-order chi connectivity index (χ0) is 17.2. The van der Waals surface area contributed by atoms with Gasteiger partial charge in [-0.3, -0.25) is 4.79 Å². The second-order valence-corrected chi connectivity index (χ2v) is 7.56. The molecule has 0 bridgehead atoms. The summed E-state index contributed by atoms with van der Waals surface area (Å²) in [5.74, 6) is -0.729.